The standard InChI is InChI=1S/C17H15BrN2OS.BrH/c18-14-8-6-13(7-9-14)16-12-22-17(20(16)10-11-21)19-15-4-2-1-3-5-15;/h1-9,12,21H,10-11H2;1H. The summed E-state index contributed by atoms with van der Waals surface area (Å²) >= 11 is 5.10. The first-order chi connectivity index (χ1) is 10.8. The van der Waals surface area contributed by atoms with E-state index in [1.54, 1.807) is 11.3 Å². The number of para-hydroxylation sites is 1. The summed E-state index contributed by atoms with van der Waals surface area (Å²) in [7, 11) is 0. The molecular weight excluding hydrogens is 440 g/mol. The highest BCUT2D eigenvalue weighted by Gasteiger charge is 2.19. The third-order valence-electron chi connectivity index (χ3n) is 3.31. The molecule has 0 atom stereocenters. The van der Waals surface area contributed by atoms with Crippen molar-refractivity contribution in [3.05, 3.63) is 64.5 Å². The van der Waals surface area contributed by atoms with Crippen LogP contribution < -0.4 is 26.9 Å². The van der Waals surface area contributed by atoms with Gasteiger partial charge in [0, 0.05) is 15.4 Å². The first-order valence-corrected chi connectivity index (χ1v) is 8.65. The van der Waals surface area contributed by atoms with Crippen LogP contribution in [0.1, 0.15) is 0 Å². The smallest absolute Gasteiger partial charge is 0.339 e. The van der Waals surface area contributed by atoms with Crippen LogP contribution in [0.4, 0.5) is 10.8 Å². The molecule has 0 aliphatic carbocycles. The minimum atomic E-state index is 0. The number of halogens is 2. The van der Waals surface area contributed by atoms with Crippen LogP contribution in [0.3, 0.4) is 0 Å². The molecule has 0 spiro atoms. The third-order valence-corrected chi connectivity index (χ3v) is 4.72. The molecule has 6 heteroatoms. The van der Waals surface area contributed by atoms with E-state index < -0.39 is 0 Å². The molecule has 0 saturated carbocycles. The number of nitrogens with one attached hydrogen (secondary N) is 1. The van der Waals surface area contributed by atoms with Crippen LogP contribution in [0.5, 0.6) is 0 Å². The van der Waals surface area contributed by atoms with Gasteiger partial charge in [0.05, 0.1) is 6.61 Å². The fraction of sp³-hybridized carbons (Fsp3) is 0.118. The van der Waals surface area contributed by atoms with Gasteiger partial charge < -0.3 is 22.1 Å². The van der Waals surface area contributed by atoms with Crippen molar-refractivity contribution in [2.75, 3.05) is 11.9 Å². The lowest BCUT2D eigenvalue weighted by molar-refractivity contribution is -0.669. The number of thiazole rings is 1. The van der Waals surface area contributed by atoms with Gasteiger partial charge >= 0.3 is 5.13 Å². The molecule has 2 aromatic carbocycles. The number of rotatable bonds is 5. The zero-order valence-electron chi connectivity index (χ0n) is 12.2. The molecule has 3 aromatic rings. The Labute approximate surface area is 158 Å². The SMILES string of the molecule is OCC[n+]1c(-c2ccc(Br)cc2)csc1Nc1ccccc1.[Br-]. The molecule has 3 rings (SSSR count). The number of aliphatic hydroxyl groups excluding tert-OH is 1. The molecule has 0 aliphatic rings. The van der Waals surface area contributed by atoms with E-state index in [2.05, 4.69) is 43.3 Å². The summed E-state index contributed by atoms with van der Waals surface area (Å²) in [4.78, 5) is 0. The number of benzene rings is 2. The summed E-state index contributed by atoms with van der Waals surface area (Å²) in [5, 5.41) is 15.9. The average molecular weight is 456 g/mol. The van der Waals surface area contributed by atoms with E-state index in [1.807, 2.05) is 42.5 Å². The quantitative estimate of drug-likeness (QED) is 0.567. The Morgan fingerprint density at radius 1 is 1.04 bits per heavy atom. The van der Waals surface area contributed by atoms with Crippen molar-refractivity contribution in [3.8, 4) is 11.3 Å². The second kappa shape index (κ2) is 8.59. The van der Waals surface area contributed by atoms with Gasteiger partial charge in [-0.25, -0.2) is 9.88 Å². The predicted molar refractivity (Wildman–Crippen MR) is 94.5 cm³/mol. The number of hydrogen-bond donors (Lipinski definition) is 2. The topological polar surface area (TPSA) is 36.1 Å². The fourth-order valence-electron chi connectivity index (χ4n) is 2.26. The van der Waals surface area contributed by atoms with Crippen molar-refractivity contribution in [2.24, 2.45) is 0 Å². The molecule has 23 heavy (non-hydrogen) atoms. The summed E-state index contributed by atoms with van der Waals surface area (Å²) in [6.07, 6.45) is 0. The Morgan fingerprint density at radius 2 is 1.74 bits per heavy atom. The van der Waals surface area contributed by atoms with Crippen molar-refractivity contribution in [1.29, 1.82) is 0 Å². The maximum Gasteiger partial charge on any atom is 0.339 e. The first kappa shape index (κ1) is 18.1. The van der Waals surface area contributed by atoms with Gasteiger partial charge in [0.2, 0.25) is 0 Å². The van der Waals surface area contributed by atoms with E-state index >= 15 is 0 Å². The van der Waals surface area contributed by atoms with Crippen molar-refractivity contribution in [1.82, 2.24) is 0 Å². The van der Waals surface area contributed by atoms with Crippen LogP contribution >= 0.6 is 27.3 Å². The Hall–Kier alpha value is -1.21. The van der Waals surface area contributed by atoms with Gasteiger partial charge in [0.15, 0.2) is 0 Å². The maximum atomic E-state index is 9.39. The summed E-state index contributed by atoms with van der Waals surface area (Å²) < 4.78 is 3.17. The van der Waals surface area contributed by atoms with Crippen LogP contribution in [0.25, 0.3) is 11.3 Å². The van der Waals surface area contributed by atoms with Gasteiger partial charge in [-0.15, -0.1) is 0 Å². The zero-order chi connectivity index (χ0) is 15.4. The van der Waals surface area contributed by atoms with Gasteiger partial charge in [-0.3, -0.25) is 0 Å². The number of anilines is 2. The lowest BCUT2D eigenvalue weighted by atomic mass is 10.2. The van der Waals surface area contributed by atoms with Crippen molar-refractivity contribution < 1.29 is 26.7 Å². The van der Waals surface area contributed by atoms with Gasteiger partial charge in [0.1, 0.15) is 17.9 Å². The first-order valence-electron chi connectivity index (χ1n) is 6.98. The van der Waals surface area contributed by atoms with Gasteiger partial charge in [0.25, 0.3) is 0 Å². The van der Waals surface area contributed by atoms with E-state index in [9.17, 15) is 5.11 Å². The molecule has 0 aliphatic heterocycles. The Morgan fingerprint density at radius 3 is 2.39 bits per heavy atom. The number of aromatic nitrogens is 1. The van der Waals surface area contributed by atoms with Crippen LogP contribution in [-0.2, 0) is 6.54 Å². The molecule has 0 amide bonds. The average Bonchev–Trinajstić information content (AvgIpc) is 2.92. The third kappa shape index (κ3) is 4.41. The molecule has 1 heterocycles. The fourth-order valence-corrected chi connectivity index (χ4v) is 3.50. The minimum absolute atomic E-state index is 0. The number of aliphatic hydroxyl groups is 1. The summed E-state index contributed by atoms with van der Waals surface area (Å²) in [6, 6.07) is 18.3. The highest BCUT2D eigenvalue weighted by atomic mass is 79.9. The monoisotopic (exact) mass is 454 g/mol. The molecule has 0 saturated heterocycles. The van der Waals surface area contributed by atoms with Crippen LogP contribution in [0, 0.1) is 0 Å². The highest BCUT2D eigenvalue weighted by molar-refractivity contribution is 9.10. The molecule has 120 valence electrons. The van der Waals surface area contributed by atoms with Crippen LogP contribution in [0.15, 0.2) is 64.5 Å². The van der Waals surface area contributed by atoms with E-state index in [4.69, 9.17) is 0 Å². The van der Waals surface area contributed by atoms with Crippen LogP contribution in [-0.4, -0.2) is 11.7 Å². The molecular formula is C17H16Br2N2OS. The predicted octanol–water partition coefficient (Wildman–Crippen LogP) is 1.21. The second-order valence-electron chi connectivity index (χ2n) is 4.80. The van der Waals surface area contributed by atoms with E-state index in [-0.39, 0.29) is 23.6 Å². The molecule has 1 aromatic heterocycles. The lowest BCUT2D eigenvalue weighted by Crippen LogP contribution is -3.00. The van der Waals surface area contributed by atoms with E-state index in [0.717, 1.165) is 26.5 Å². The van der Waals surface area contributed by atoms with Gasteiger partial charge in [-0.1, -0.05) is 45.5 Å². The Kier molecular flexibility index (Phi) is 6.77. The van der Waals surface area contributed by atoms with Crippen molar-refractivity contribution in [3.63, 3.8) is 0 Å². The normalized spacial score (nSPS) is 10.2. The maximum absolute atomic E-state index is 9.39. The minimum Gasteiger partial charge on any atom is -1.00 e. The van der Waals surface area contributed by atoms with E-state index in [0.29, 0.717) is 6.54 Å². The zero-order valence-corrected chi connectivity index (χ0v) is 16.2. The summed E-state index contributed by atoms with van der Waals surface area (Å²) in [5.74, 6) is 0. The Balaban J connectivity index is 0.00000192. The van der Waals surface area contributed by atoms with Gasteiger partial charge in [-0.2, -0.15) is 0 Å². The van der Waals surface area contributed by atoms with Crippen molar-refractivity contribution >= 4 is 38.1 Å². The van der Waals surface area contributed by atoms with E-state index in [1.165, 1.54) is 0 Å². The second-order valence-corrected chi connectivity index (χ2v) is 6.57. The number of hydrogen-bond acceptors (Lipinski definition) is 3. The molecule has 3 nitrogen and oxygen atoms in total. The summed E-state index contributed by atoms with van der Waals surface area (Å²) in [5.41, 5.74) is 3.28. The lowest BCUT2D eigenvalue weighted by Gasteiger charge is -2.05. The molecule has 0 unspecified atom stereocenters. The van der Waals surface area contributed by atoms with Gasteiger partial charge in [-0.05, 0) is 36.4 Å². The summed E-state index contributed by atoms with van der Waals surface area (Å²) in [6.45, 7) is 0.665. The number of nitrogens with zero attached hydrogens (tertiary/aromatic N) is 1. The molecule has 0 fully saturated rings. The molecule has 2 N–H and O–H groups in total. The largest absolute Gasteiger partial charge is 1.00 e. The highest BCUT2D eigenvalue weighted by Crippen LogP contribution is 2.26. The Bertz CT molecular complexity index is 745. The van der Waals surface area contributed by atoms with Crippen molar-refractivity contribution in [2.45, 2.75) is 6.54 Å². The van der Waals surface area contributed by atoms with Crippen LogP contribution in [0.2, 0.25) is 0 Å². The molecule has 0 bridgehead atoms. The molecule has 0 radical (unpaired) electrons.